The van der Waals surface area contributed by atoms with Crippen molar-refractivity contribution >= 4 is 62.5 Å². The molecule has 5 heterocycles. The normalized spacial score (nSPS) is 15.4. The number of halogens is 4. The van der Waals surface area contributed by atoms with Crippen LogP contribution in [0.3, 0.4) is 0 Å². The largest absolute Gasteiger partial charge is 0.478 e. The Kier molecular flexibility index (Phi) is 14.7. The zero-order valence-electron chi connectivity index (χ0n) is 39.3. The van der Waals surface area contributed by atoms with Crippen molar-refractivity contribution in [3.05, 3.63) is 112 Å². The number of anilines is 2. The summed E-state index contributed by atoms with van der Waals surface area (Å²) < 4.78 is 72.2. The van der Waals surface area contributed by atoms with E-state index in [9.17, 15) is 32.8 Å². The summed E-state index contributed by atoms with van der Waals surface area (Å²) in [5, 5.41) is 12.7. The van der Waals surface area contributed by atoms with Crippen molar-refractivity contribution in [2.24, 2.45) is 0 Å². The lowest BCUT2D eigenvalue weighted by Gasteiger charge is -2.29. The summed E-state index contributed by atoms with van der Waals surface area (Å²) in [7, 11) is 4.05. The molecule has 19 heteroatoms. The first kappa shape index (κ1) is 49.7. The van der Waals surface area contributed by atoms with Crippen molar-refractivity contribution in [2.75, 3.05) is 56.8 Å². The van der Waals surface area contributed by atoms with Crippen LogP contribution in [0.2, 0.25) is 0 Å². The van der Waals surface area contributed by atoms with Crippen molar-refractivity contribution in [1.29, 1.82) is 5.26 Å². The maximum atomic E-state index is 15.6. The highest BCUT2D eigenvalue weighted by Gasteiger charge is 2.51. The molecule has 70 heavy (non-hydrogen) atoms. The van der Waals surface area contributed by atoms with Gasteiger partial charge in [0.2, 0.25) is 5.88 Å². The van der Waals surface area contributed by atoms with Crippen LogP contribution in [0.4, 0.5) is 28.9 Å². The number of aryl methyl sites for hydroxylation is 1. The third-order valence-electron chi connectivity index (χ3n) is 12.8. The SMILES string of the molecule is CN(C)CCCOc1ccc(-c2ccc3ncc4c(c3c2)n(C2CCOCC2)c(=O)n4CCCCCCNC(=O)c2ccc(N3C(=S)N(c4ccc(C#N)c(C(F)(F)F)c4)C(=O)C3(C)C)cc2F)cn1. The van der Waals surface area contributed by atoms with Gasteiger partial charge in [0.05, 0.1) is 57.8 Å². The van der Waals surface area contributed by atoms with Gasteiger partial charge >= 0.3 is 11.9 Å². The standard InChI is InChI=1S/C51H53F4N9O5S/c1-50(2)47(66)63(36-13-10-33(29-56)40(27-36)51(53,54)55)49(70)64(50)37-14-15-38(41(52)28-37)46(65)57-20-7-5-6-8-22-61-43-31-58-42-16-11-32(34-12-17-44(59-30-34)69-23-9-21-60(3)4)26-39(42)45(43)62(48(61)67)35-18-24-68-25-19-35/h10-17,26-28,30-31,35H,5-9,18-25H2,1-4H3,(H,57,65). The van der Waals surface area contributed by atoms with E-state index in [2.05, 4.69) is 21.3 Å². The van der Waals surface area contributed by atoms with Gasteiger partial charge in [0, 0.05) is 67.8 Å². The van der Waals surface area contributed by atoms with E-state index in [1.54, 1.807) is 12.4 Å². The molecule has 2 fully saturated rings. The Morgan fingerprint density at radius 2 is 1.69 bits per heavy atom. The molecule has 8 rings (SSSR count). The van der Waals surface area contributed by atoms with Gasteiger partial charge in [0.1, 0.15) is 11.4 Å². The number of hydrogen-bond donors (Lipinski definition) is 1. The number of ether oxygens (including phenoxy) is 2. The summed E-state index contributed by atoms with van der Waals surface area (Å²) in [5.41, 5.74) is 0.528. The minimum Gasteiger partial charge on any atom is -0.478 e. The third-order valence-corrected chi connectivity index (χ3v) is 13.2. The van der Waals surface area contributed by atoms with Gasteiger partial charge in [-0.3, -0.25) is 28.6 Å². The van der Waals surface area contributed by atoms with Crippen molar-refractivity contribution in [1.82, 2.24) is 29.3 Å². The number of nitriles is 1. The van der Waals surface area contributed by atoms with E-state index < -0.39 is 40.5 Å². The molecule has 2 saturated heterocycles. The summed E-state index contributed by atoms with van der Waals surface area (Å²) >= 11 is 5.57. The lowest BCUT2D eigenvalue weighted by atomic mass is 10.0. The number of amides is 2. The predicted molar refractivity (Wildman–Crippen MR) is 262 cm³/mol. The fraction of sp³-hybridized carbons (Fsp3) is 0.392. The number of nitrogens with one attached hydrogen (secondary N) is 1. The van der Waals surface area contributed by atoms with Crippen LogP contribution in [0, 0.1) is 17.1 Å². The predicted octanol–water partition coefficient (Wildman–Crippen LogP) is 9.03. The van der Waals surface area contributed by atoms with E-state index in [1.807, 2.05) is 47.5 Å². The molecule has 0 bridgehead atoms. The van der Waals surface area contributed by atoms with Gasteiger partial charge in [0.25, 0.3) is 11.8 Å². The number of unbranched alkanes of at least 4 members (excludes halogenated alkanes) is 3. The number of pyridine rings is 2. The molecule has 0 atom stereocenters. The number of thiocarbonyl (C=S) groups is 1. The van der Waals surface area contributed by atoms with E-state index in [0.717, 1.165) is 75.9 Å². The fourth-order valence-corrected chi connectivity index (χ4v) is 9.67. The number of aromatic nitrogens is 4. The van der Waals surface area contributed by atoms with Gasteiger partial charge in [-0.2, -0.15) is 18.4 Å². The van der Waals surface area contributed by atoms with Gasteiger partial charge in [-0.15, -0.1) is 0 Å². The molecule has 2 amide bonds. The molecule has 366 valence electrons. The average Bonchev–Trinajstić information content (AvgIpc) is 3.72. The molecule has 3 aromatic heterocycles. The Hall–Kier alpha value is -6.75. The third kappa shape index (κ3) is 10.1. The Balaban J connectivity index is 0.896. The minimum absolute atomic E-state index is 0.0351. The van der Waals surface area contributed by atoms with E-state index >= 15 is 4.39 Å². The highest BCUT2D eigenvalue weighted by atomic mass is 32.1. The Morgan fingerprint density at radius 1 is 0.943 bits per heavy atom. The zero-order valence-corrected chi connectivity index (χ0v) is 40.1. The second-order valence-corrected chi connectivity index (χ2v) is 18.6. The first-order valence-electron chi connectivity index (χ1n) is 23.2. The molecule has 0 spiro atoms. The summed E-state index contributed by atoms with van der Waals surface area (Å²) in [6.07, 6.45) is 3.79. The Labute approximate surface area is 407 Å². The lowest BCUT2D eigenvalue weighted by molar-refractivity contribution is -0.137. The van der Waals surface area contributed by atoms with Crippen LogP contribution in [0.1, 0.15) is 86.3 Å². The number of fused-ring (bicyclic) bond motifs is 3. The first-order chi connectivity index (χ1) is 33.5. The van der Waals surface area contributed by atoms with Gasteiger partial charge in [-0.05, 0) is 132 Å². The van der Waals surface area contributed by atoms with Crippen LogP contribution in [0.5, 0.6) is 5.88 Å². The molecule has 2 aliphatic heterocycles. The van der Waals surface area contributed by atoms with Crippen molar-refractivity contribution in [3.8, 4) is 23.1 Å². The molecule has 0 radical (unpaired) electrons. The zero-order chi connectivity index (χ0) is 49.9. The molecule has 1 N–H and O–H groups in total. The number of benzene rings is 3. The molecular weight excluding hydrogens is 927 g/mol. The van der Waals surface area contributed by atoms with E-state index in [1.165, 1.54) is 43.0 Å². The molecule has 6 aromatic rings. The van der Waals surface area contributed by atoms with Gasteiger partial charge < -0.3 is 24.6 Å². The number of carbonyl (C=O) groups excluding carboxylic acids is 2. The highest BCUT2D eigenvalue weighted by Crippen LogP contribution is 2.40. The summed E-state index contributed by atoms with van der Waals surface area (Å²) in [6, 6.07) is 18.0. The topological polar surface area (TPSA) is 151 Å². The molecule has 14 nitrogen and oxygen atoms in total. The van der Waals surface area contributed by atoms with Crippen LogP contribution >= 0.6 is 12.2 Å². The monoisotopic (exact) mass is 979 g/mol. The van der Waals surface area contributed by atoms with Crippen molar-refractivity contribution < 1.29 is 36.6 Å². The molecule has 2 aliphatic rings. The lowest BCUT2D eigenvalue weighted by Crippen LogP contribution is -2.44. The molecular formula is C51H53F4N9O5S. The molecule has 0 unspecified atom stereocenters. The molecule has 3 aromatic carbocycles. The number of carbonyl (C=O) groups is 2. The summed E-state index contributed by atoms with van der Waals surface area (Å²) in [5.74, 6) is -1.64. The number of alkyl halides is 3. The second-order valence-electron chi connectivity index (χ2n) is 18.3. The van der Waals surface area contributed by atoms with Crippen LogP contribution < -0.4 is 25.5 Å². The number of hydrogen-bond acceptors (Lipinski definition) is 10. The van der Waals surface area contributed by atoms with Gasteiger partial charge in [0.15, 0.2) is 5.11 Å². The van der Waals surface area contributed by atoms with Gasteiger partial charge in [-0.1, -0.05) is 18.9 Å². The van der Waals surface area contributed by atoms with Crippen molar-refractivity contribution in [2.45, 2.75) is 83.1 Å². The highest BCUT2D eigenvalue weighted by molar-refractivity contribution is 7.81. The van der Waals surface area contributed by atoms with Crippen LogP contribution in [-0.4, -0.2) is 93.5 Å². The number of imidazole rings is 1. The summed E-state index contributed by atoms with van der Waals surface area (Å²) in [6.45, 7) is 6.35. The Bertz CT molecular complexity index is 3050. The number of nitrogens with zero attached hydrogens (tertiary/aromatic N) is 8. The number of rotatable bonds is 17. The van der Waals surface area contributed by atoms with Gasteiger partial charge in [-0.25, -0.2) is 14.2 Å². The minimum atomic E-state index is -4.87. The maximum absolute atomic E-state index is 15.6. The summed E-state index contributed by atoms with van der Waals surface area (Å²) in [4.78, 5) is 54.8. The maximum Gasteiger partial charge on any atom is 0.417 e. The van der Waals surface area contributed by atoms with E-state index in [4.69, 9.17) is 26.7 Å². The first-order valence-corrected chi connectivity index (χ1v) is 23.6. The van der Waals surface area contributed by atoms with Crippen molar-refractivity contribution in [3.63, 3.8) is 0 Å². The Morgan fingerprint density at radius 3 is 2.39 bits per heavy atom. The molecule has 0 aliphatic carbocycles. The quantitative estimate of drug-likeness (QED) is 0.0530. The smallest absolute Gasteiger partial charge is 0.417 e. The van der Waals surface area contributed by atoms with E-state index in [-0.39, 0.29) is 40.3 Å². The average molecular weight is 980 g/mol. The second kappa shape index (κ2) is 20.7. The fourth-order valence-electron chi connectivity index (χ4n) is 9.15. The van der Waals surface area contributed by atoms with Crippen LogP contribution in [0.25, 0.3) is 33.1 Å². The van der Waals surface area contributed by atoms with Crippen LogP contribution in [-0.2, 0) is 22.3 Å². The molecule has 0 saturated carbocycles. The van der Waals surface area contributed by atoms with Crippen LogP contribution in [0.15, 0.2) is 83.9 Å². The van der Waals surface area contributed by atoms with E-state index in [0.29, 0.717) is 64.0 Å².